The van der Waals surface area contributed by atoms with Crippen molar-refractivity contribution in [3.63, 3.8) is 0 Å². The van der Waals surface area contributed by atoms with E-state index in [-0.39, 0.29) is 5.49 Å². The van der Waals surface area contributed by atoms with Crippen molar-refractivity contribution in [1.82, 2.24) is 14.7 Å². The Morgan fingerprint density at radius 3 is 2.31 bits per heavy atom. The Labute approximate surface area is 153 Å². The zero-order valence-corrected chi connectivity index (χ0v) is 14.8. The fourth-order valence-corrected chi connectivity index (χ4v) is 2.49. The smallest absolute Gasteiger partial charge is 0.409 e. The summed E-state index contributed by atoms with van der Waals surface area (Å²) in [7, 11) is 0. The van der Waals surface area contributed by atoms with Crippen LogP contribution in [0.2, 0.25) is 5.02 Å². The van der Waals surface area contributed by atoms with E-state index in [4.69, 9.17) is 11.6 Å². The third-order valence-electron chi connectivity index (χ3n) is 3.78. The Balaban J connectivity index is 2.14. The van der Waals surface area contributed by atoms with Gasteiger partial charge in [0.2, 0.25) is 0 Å². The molecule has 0 amide bonds. The summed E-state index contributed by atoms with van der Waals surface area (Å²) < 4.78 is 0. The second-order valence-electron chi connectivity index (χ2n) is 5.92. The summed E-state index contributed by atoms with van der Waals surface area (Å²) in [6.45, 7) is 4.13. The van der Waals surface area contributed by atoms with Crippen molar-refractivity contribution in [1.29, 1.82) is 0 Å². The highest BCUT2D eigenvalue weighted by molar-refractivity contribution is 6.30. The topological polar surface area (TPSA) is 98.5 Å². The molecule has 0 bridgehead atoms. The molecule has 1 aromatic heterocycles. The van der Waals surface area contributed by atoms with Crippen LogP contribution in [0.5, 0.6) is 0 Å². The molecule has 1 N–H and O–H groups in total. The summed E-state index contributed by atoms with van der Waals surface area (Å²) in [5, 5.41) is 26.0. The van der Waals surface area contributed by atoms with Gasteiger partial charge in [-0.1, -0.05) is 42.4 Å². The molecule has 8 nitrogen and oxygen atoms in total. The molecule has 0 unspecified atom stereocenters. The van der Waals surface area contributed by atoms with Gasteiger partial charge in [0.15, 0.2) is 0 Å². The lowest BCUT2D eigenvalue weighted by Gasteiger charge is -2.04. The van der Waals surface area contributed by atoms with E-state index in [2.05, 4.69) is 23.9 Å². The van der Waals surface area contributed by atoms with Crippen LogP contribution in [-0.2, 0) is 0 Å². The SMILES string of the molecule is CC(C)c1ccc(N=c2c([N+](=O)[O-])nn(-c3ccc(Cl)cc3)n2O)cc1. The Bertz CT molecular complexity index is 1000. The van der Waals surface area contributed by atoms with Crippen molar-refractivity contribution in [3.8, 4) is 5.69 Å². The Hall–Kier alpha value is -3.13. The van der Waals surface area contributed by atoms with Crippen LogP contribution in [0, 0.1) is 10.1 Å². The summed E-state index contributed by atoms with van der Waals surface area (Å²) in [6, 6.07) is 13.6. The molecule has 0 saturated heterocycles. The summed E-state index contributed by atoms with van der Waals surface area (Å²) >= 11 is 5.84. The fourth-order valence-electron chi connectivity index (χ4n) is 2.37. The molecule has 0 spiro atoms. The average molecular weight is 374 g/mol. The lowest BCUT2D eigenvalue weighted by molar-refractivity contribution is -0.391. The zero-order valence-electron chi connectivity index (χ0n) is 14.1. The maximum atomic E-state index is 11.3. The molecule has 0 atom stereocenters. The van der Waals surface area contributed by atoms with E-state index in [1.54, 1.807) is 36.4 Å². The first-order valence-electron chi connectivity index (χ1n) is 7.83. The molecular weight excluding hydrogens is 358 g/mol. The molecule has 3 aromatic rings. The molecule has 2 aromatic carbocycles. The van der Waals surface area contributed by atoms with E-state index in [1.165, 1.54) is 0 Å². The molecule has 9 heteroatoms. The van der Waals surface area contributed by atoms with Crippen molar-refractivity contribution >= 4 is 23.1 Å². The maximum absolute atomic E-state index is 11.3. The number of hydrogen-bond acceptors (Lipinski definition) is 5. The normalized spacial score (nSPS) is 11.9. The summed E-state index contributed by atoms with van der Waals surface area (Å²) in [4.78, 5) is 16.3. The third kappa shape index (κ3) is 3.45. The maximum Gasteiger partial charge on any atom is 0.438 e. The molecule has 134 valence electrons. The van der Waals surface area contributed by atoms with Gasteiger partial charge >= 0.3 is 5.82 Å². The van der Waals surface area contributed by atoms with E-state index in [0.717, 1.165) is 10.4 Å². The van der Waals surface area contributed by atoms with Gasteiger partial charge in [-0.15, -0.1) is 0 Å². The van der Waals surface area contributed by atoms with Crippen LogP contribution in [0.3, 0.4) is 0 Å². The molecule has 0 saturated carbocycles. The average Bonchev–Trinajstić information content (AvgIpc) is 2.93. The monoisotopic (exact) mass is 373 g/mol. The first-order chi connectivity index (χ1) is 12.4. The quantitative estimate of drug-likeness (QED) is 0.427. The summed E-state index contributed by atoms with van der Waals surface area (Å²) in [6.07, 6.45) is 0. The lowest BCUT2D eigenvalue weighted by Crippen LogP contribution is -2.22. The van der Waals surface area contributed by atoms with Gasteiger partial charge in [-0.3, -0.25) is 0 Å². The predicted octanol–water partition coefficient (Wildman–Crippen LogP) is 3.83. The second-order valence-corrected chi connectivity index (χ2v) is 6.35. The van der Waals surface area contributed by atoms with Crippen LogP contribution in [0.1, 0.15) is 25.3 Å². The standard InChI is InChI=1S/C17H16ClN5O3/c1-11(2)12-3-7-14(8-4-12)19-16-17(23(25)26)20-21(22(16)24)15-9-5-13(18)6-10-15/h3-11,24H,1-2H3. The molecule has 0 fully saturated rings. The van der Waals surface area contributed by atoms with Crippen LogP contribution in [-0.4, -0.2) is 24.9 Å². The van der Waals surface area contributed by atoms with Gasteiger partial charge in [-0.25, -0.2) is 4.99 Å². The molecule has 0 radical (unpaired) electrons. The first kappa shape index (κ1) is 17.7. The van der Waals surface area contributed by atoms with Crippen molar-refractivity contribution in [2.24, 2.45) is 4.99 Å². The van der Waals surface area contributed by atoms with Crippen LogP contribution in [0.4, 0.5) is 11.5 Å². The number of aromatic nitrogens is 3. The van der Waals surface area contributed by atoms with Gasteiger partial charge in [0.05, 0.1) is 10.8 Å². The molecule has 3 rings (SSSR count). The van der Waals surface area contributed by atoms with Crippen LogP contribution < -0.4 is 5.49 Å². The van der Waals surface area contributed by atoms with E-state index in [9.17, 15) is 15.3 Å². The van der Waals surface area contributed by atoms with Gasteiger partial charge < -0.3 is 15.3 Å². The number of hydrogen-bond donors (Lipinski definition) is 1. The molecule has 1 heterocycles. The van der Waals surface area contributed by atoms with Crippen LogP contribution >= 0.6 is 11.6 Å². The minimum atomic E-state index is -0.694. The van der Waals surface area contributed by atoms with Crippen molar-refractivity contribution in [2.75, 3.05) is 0 Å². The van der Waals surface area contributed by atoms with E-state index in [0.29, 0.717) is 27.2 Å². The minimum Gasteiger partial charge on any atom is -0.409 e. The first-order valence-corrected chi connectivity index (χ1v) is 8.21. The summed E-state index contributed by atoms with van der Waals surface area (Å²) in [5.41, 5.74) is 1.71. The van der Waals surface area contributed by atoms with E-state index < -0.39 is 10.7 Å². The van der Waals surface area contributed by atoms with Crippen molar-refractivity contribution in [2.45, 2.75) is 19.8 Å². The highest BCUT2D eigenvalue weighted by Gasteiger charge is 2.24. The van der Waals surface area contributed by atoms with Gasteiger partial charge in [0.25, 0.3) is 5.49 Å². The Kier molecular flexibility index (Phi) is 4.77. The second kappa shape index (κ2) is 7.01. The minimum absolute atomic E-state index is 0.276. The Morgan fingerprint density at radius 1 is 1.15 bits per heavy atom. The number of halogens is 1. The predicted molar refractivity (Wildman–Crippen MR) is 96.2 cm³/mol. The number of benzene rings is 2. The largest absolute Gasteiger partial charge is 0.438 e. The van der Waals surface area contributed by atoms with Gasteiger partial charge in [0.1, 0.15) is 5.69 Å². The number of rotatable bonds is 4. The number of nitro groups is 1. The lowest BCUT2D eigenvalue weighted by atomic mass is 10.0. The van der Waals surface area contributed by atoms with Crippen LogP contribution in [0.25, 0.3) is 5.69 Å². The zero-order chi connectivity index (χ0) is 18.8. The van der Waals surface area contributed by atoms with E-state index >= 15 is 0 Å². The van der Waals surface area contributed by atoms with Crippen LogP contribution in [0.15, 0.2) is 53.5 Å². The molecule has 26 heavy (non-hydrogen) atoms. The number of nitrogens with zero attached hydrogens (tertiary/aromatic N) is 5. The molecule has 0 aliphatic heterocycles. The highest BCUT2D eigenvalue weighted by Crippen LogP contribution is 2.19. The van der Waals surface area contributed by atoms with Crippen molar-refractivity contribution < 1.29 is 10.1 Å². The van der Waals surface area contributed by atoms with Gasteiger partial charge in [-0.05, 0) is 57.6 Å². The van der Waals surface area contributed by atoms with Gasteiger partial charge in [-0.2, -0.15) is 0 Å². The third-order valence-corrected chi connectivity index (χ3v) is 4.04. The van der Waals surface area contributed by atoms with Crippen molar-refractivity contribution in [3.05, 3.63) is 74.7 Å². The summed E-state index contributed by atoms with van der Waals surface area (Å²) in [5.74, 6) is -0.204. The Morgan fingerprint density at radius 2 is 1.77 bits per heavy atom. The molecular formula is C17H16ClN5O3. The molecule has 0 aliphatic rings. The highest BCUT2D eigenvalue weighted by atomic mass is 35.5. The van der Waals surface area contributed by atoms with Gasteiger partial charge in [0, 0.05) is 5.02 Å². The fraction of sp³-hybridized carbons (Fsp3) is 0.176. The van der Waals surface area contributed by atoms with E-state index in [1.807, 2.05) is 12.1 Å². The molecule has 0 aliphatic carbocycles.